The SMILES string of the molecule is CCOC(=O)C1CCCC(Nc2cc(Cl)ccc2C#N)C1. The molecule has 0 radical (unpaired) electrons. The van der Waals surface area contributed by atoms with Crippen LogP contribution < -0.4 is 5.32 Å². The first kappa shape index (κ1) is 15.7. The maximum absolute atomic E-state index is 11.8. The van der Waals surface area contributed by atoms with Crippen molar-refractivity contribution in [2.24, 2.45) is 5.92 Å². The standard InChI is InChI=1S/C16H19ClN2O2/c1-2-21-16(20)11-4-3-5-14(8-11)19-15-9-13(17)7-6-12(15)10-18/h6-7,9,11,14,19H,2-5,8H2,1H3. The number of nitrogens with one attached hydrogen (secondary N) is 1. The molecule has 0 heterocycles. The smallest absolute Gasteiger partial charge is 0.308 e. The van der Waals surface area contributed by atoms with Gasteiger partial charge in [-0.1, -0.05) is 18.0 Å². The summed E-state index contributed by atoms with van der Waals surface area (Å²) in [5.74, 6) is -0.170. The maximum Gasteiger partial charge on any atom is 0.308 e. The number of nitrogens with zero attached hydrogens (tertiary/aromatic N) is 1. The van der Waals surface area contributed by atoms with Crippen molar-refractivity contribution < 1.29 is 9.53 Å². The number of ether oxygens (including phenoxy) is 1. The molecule has 1 aliphatic carbocycles. The van der Waals surface area contributed by atoms with Crippen LogP contribution in [0.4, 0.5) is 5.69 Å². The number of carbonyl (C=O) groups is 1. The summed E-state index contributed by atoms with van der Waals surface area (Å²) in [6.45, 7) is 2.24. The Hall–Kier alpha value is -1.73. The third-order valence-corrected chi connectivity index (χ3v) is 3.99. The highest BCUT2D eigenvalue weighted by Gasteiger charge is 2.28. The summed E-state index contributed by atoms with van der Waals surface area (Å²) < 4.78 is 5.10. The highest BCUT2D eigenvalue weighted by Crippen LogP contribution is 2.29. The fourth-order valence-corrected chi connectivity index (χ4v) is 2.92. The van der Waals surface area contributed by atoms with Crippen LogP contribution in [0.2, 0.25) is 5.02 Å². The van der Waals surface area contributed by atoms with Gasteiger partial charge in [-0.2, -0.15) is 5.26 Å². The van der Waals surface area contributed by atoms with E-state index in [2.05, 4.69) is 11.4 Å². The van der Waals surface area contributed by atoms with Crippen molar-refractivity contribution in [1.82, 2.24) is 0 Å². The Bertz CT molecular complexity index is 554. The van der Waals surface area contributed by atoms with E-state index in [1.807, 2.05) is 6.92 Å². The van der Waals surface area contributed by atoms with E-state index in [1.54, 1.807) is 18.2 Å². The van der Waals surface area contributed by atoms with Crippen molar-refractivity contribution in [1.29, 1.82) is 5.26 Å². The largest absolute Gasteiger partial charge is 0.466 e. The number of anilines is 1. The van der Waals surface area contributed by atoms with Crippen LogP contribution in [0.3, 0.4) is 0 Å². The Morgan fingerprint density at radius 1 is 1.52 bits per heavy atom. The van der Waals surface area contributed by atoms with Crippen LogP contribution in [0.25, 0.3) is 0 Å². The first-order valence-electron chi connectivity index (χ1n) is 7.26. The van der Waals surface area contributed by atoms with Crippen LogP contribution in [-0.2, 0) is 9.53 Å². The number of rotatable bonds is 4. The molecule has 0 amide bonds. The molecule has 1 N–H and O–H groups in total. The molecule has 1 saturated carbocycles. The minimum Gasteiger partial charge on any atom is -0.466 e. The number of hydrogen-bond acceptors (Lipinski definition) is 4. The average Bonchev–Trinajstić information content (AvgIpc) is 2.48. The van der Waals surface area contributed by atoms with Gasteiger partial charge in [-0.3, -0.25) is 4.79 Å². The van der Waals surface area contributed by atoms with Crippen LogP contribution in [-0.4, -0.2) is 18.6 Å². The first-order chi connectivity index (χ1) is 10.1. The normalized spacial score (nSPS) is 21.4. The minimum absolute atomic E-state index is 0.0547. The summed E-state index contributed by atoms with van der Waals surface area (Å²) in [4.78, 5) is 11.8. The van der Waals surface area contributed by atoms with Gasteiger partial charge in [0, 0.05) is 11.1 Å². The quantitative estimate of drug-likeness (QED) is 0.861. The van der Waals surface area contributed by atoms with Gasteiger partial charge in [0.1, 0.15) is 6.07 Å². The molecule has 0 aromatic heterocycles. The van der Waals surface area contributed by atoms with E-state index in [4.69, 9.17) is 21.6 Å². The van der Waals surface area contributed by atoms with E-state index in [1.165, 1.54) is 0 Å². The number of esters is 1. The van der Waals surface area contributed by atoms with E-state index >= 15 is 0 Å². The maximum atomic E-state index is 11.8. The molecule has 0 saturated heterocycles. The molecule has 1 aliphatic rings. The van der Waals surface area contributed by atoms with Crippen molar-refractivity contribution in [3.63, 3.8) is 0 Å². The van der Waals surface area contributed by atoms with E-state index in [-0.39, 0.29) is 17.9 Å². The Balaban J connectivity index is 2.04. The van der Waals surface area contributed by atoms with Gasteiger partial charge in [0.05, 0.1) is 23.8 Å². The van der Waals surface area contributed by atoms with E-state index < -0.39 is 0 Å². The van der Waals surface area contributed by atoms with Crippen molar-refractivity contribution in [2.45, 2.75) is 38.6 Å². The van der Waals surface area contributed by atoms with Crippen molar-refractivity contribution >= 4 is 23.3 Å². The Labute approximate surface area is 130 Å². The second kappa shape index (κ2) is 7.33. The molecule has 4 nitrogen and oxygen atoms in total. The number of halogens is 1. The molecule has 1 aromatic carbocycles. The highest BCUT2D eigenvalue weighted by atomic mass is 35.5. The Morgan fingerprint density at radius 2 is 2.33 bits per heavy atom. The van der Waals surface area contributed by atoms with Crippen LogP contribution in [0, 0.1) is 17.2 Å². The molecule has 1 aromatic rings. The average molecular weight is 307 g/mol. The predicted octanol–water partition coefficient (Wildman–Crippen LogP) is 3.75. The molecule has 112 valence electrons. The molecule has 1 fully saturated rings. The molecule has 0 aliphatic heterocycles. The highest BCUT2D eigenvalue weighted by molar-refractivity contribution is 6.30. The molecule has 0 spiro atoms. The summed E-state index contributed by atoms with van der Waals surface area (Å²) in [5, 5.41) is 13.1. The van der Waals surface area contributed by atoms with Crippen molar-refractivity contribution in [3.8, 4) is 6.07 Å². The lowest BCUT2D eigenvalue weighted by Gasteiger charge is -2.29. The second-order valence-corrected chi connectivity index (χ2v) is 5.69. The molecular formula is C16H19ClN2O2. The number of benzene rings is 1. The van der Waals surface area contributed by atoms with E-state index in [0.29, 0.717) is 17.2 Å². The topological polar surface area (TPSA) is 62.1 Å². The van der Waals surface area contributed by atoms with Gasteiger partial charge in [-0.05, 0) is 44.4 Å². The molecule has 2 atom stereocenters. The van der Waals surface area contributed by atoms with Gasteiger partial charge in [-0.15, -0.1) is 0 Å². The predicted molar refractivity (Wildman–Crippen MR) is 82.2 cm³/mol. The summed E-state index contributed by atoms with van der Waals surface area (Å²) in [7, 11) is 0. The lowest BCUT2D eigenvalue weighted by Crippen LogP contribution is -2.32. The van der Waals surface area contributed by atoms with Gasteiger partial charge in [0.2, 0.25) is 0 Å². The number of nitriles is 1. The van der Waals surface area contributed by atoms with Gasteiger partial charge in [0.25, 0.3) is 0 Å². The van der Waals surface area contributed by atoms with Gasteiger partial charge in [0.15, 0.2) is 0 Å². The summed E-state index contributed by atoms with van der Waals surface area (Å²) >= 11 is 5.99. The second-order valence-electron chi connectivity index (χ2n) is 5.26. The molecule has 21 heavy (non-hydrogen) atoms. The van der Waals surface area contributed by atoms with Crippen LogP contribution in [0.1, 0.15) is 38.2 Å². The number of hydrogen-bond donors (Lipinski definition) is 1. The van der Waals surface area contributed by atoms with Gasteiger partial charge < -0.3 is 10.1 Å². The van der Waals surface area contributed by atoms with Crippen molar-refractivity contribution in [2.75, 3.05) is 11.9 Å². The monoisotopic (exact) mass is 306 g/mol. The van der Waals surface area contributed by atoms with Crippen LogP contribution in [0.15, 0.2) is 18.2 Å². The van der Waals surface area contributed by atoms with Crippen LogP contribution >= 0.6 is 11.6 Å². The molecule has 2 unspecified atom stereocenters. The molecular weight excluding hydrogens is 288 g/mol. The zero-order valence-electron chi connectivity index (χ0n) is 12.1. The Kier molecular flexibility index (Phi) is 5.46. The number of carbonyl (C=O) groups excluding carboxylic acids is 1. The summed E-state index contributed by atoms with van der Waals surface area (Å²) in [5.41, 5.74) is 1.30. The zero-order chi connectivity index (χ0) is 15.2. The first-order valence-corrected chi connectivity index (χ1v) is 7.64. The van der Waals surface area contributed by atoms with Crippen LogP contribution in [0.5, 0.6) is 0 Å². The fraction of sp³-hybridized carbons (Fsp3) is 0.500. The summed E-state index contributed by atoms with van der Waals surface area (Å²) in [6.07, 6.45) is 3.56. The minimum atomic E-state index is -0.115. The Morgan fingerprint density at radius 3 is 3.05 bits per heavy atom. The summed E-state index contributed by atoms with van der Waals surface area (Å²) in [6, 6.07) is 7.48. The third-order valence-electron chi connectivity index (χ3n) is 3.76. The van der Waals surface area contributed by atoms with Gasteiger partial charge >= 0.3 is 5.97 Å². The van der Waals surface area contributed by atoms with E-state index in [0.717, 1.165) is 31.4 Å². The van der Waals surface area contributed by atoms with E-state index in [9.17, 15) is 4.79 Å². The van der Waals surface area contributed by atoms with Gasteiger partial charge in [-0.25, -0.2) is 0 Å². The fourth-order valence-electron chi connectivity index (χ4n) is 2.75. The lowest BCUT2D eigenvalue weighted by atomic mass is 9.85. The molecule has 0 bridgehead atoms. The zero-order valence-corrected chi connectivity index (χ0v) is 12.8. The molecule has 5 heteroatoms. The third kappa shape index (κ3) is 4.12. The van der Waals surface area contributed by atoms with Crippen molar-refractivity contribution in [3.05, 3.63) is 28.8 Å². The molecule has 2 rings (SSSR count). The lowest BCUT2D eigenvalue weighted by molar-refractivity contribution is -0.149.